The molecule has 112 valence electrons. The Morgan fingerprint density at radius 2 is 1.95 bits per heavy atom. The SMILES string of the molecule is CCC1CCCCN1.N=Cc1ccc(S)c2ccccc12. The Hall–Kier alpha value is -1.32. The van der Waals surface area contributed by atoms with E-state index in [1.807, 2.05) is 36.4 Å². The van der Waals surface area contributed by atoms with E-state index in [0.29, 0.717) is 0 Å². The molecule has 0 bridgehead atoms. The van der Waals surface area contributed by atoms with E-state index in [1.165, 1.54) is 38.4 Å². The van der Waals surface area contributed by atoms with Gasteiger partial charge in [0.1, 0.15) is 0 Å². The molecule has 1 heterocycles. The predicted octanol–water partition coefficient (Wildman–Crippen LogP) is 4.66. The highest BCUT2D eigenvalue weighted by atomic mass is 32.1. The number of piperidine rings is 1. The third-order valence-corrected chi connectivity index (χ3v) is 4.39. The van der Waals surface area contributed by atoms with Gasteiger partial charge < -0.3 is 10.7 Å². The Kier molecular flexibility index (Phi) is 6.27. The Balaban J connectivity index is 0.000000173. The first-order chi connectivity index (χ1) is 10.3. The molecule has 2 N–H and O–H groups in total. The third-order valence-electron chi connectivity index (χ3n) is 4.00. The van der Waals surface area contributed by atoms with Gasteiger partial charge in [-0.05, 0) is 48.2 Å². The number of nitrogens with one attached hydrogen (secondary N) is 2. The van der Waals surface area contributed by atoms with Crippen LogP contribution >= 0.6 is 12.6 Å². The van der Waals surface area contributed by atoms with Crippen LogP contribution in [-0.4, -0.2) is 18.8 Å². The number of hydrogen-bond acceptors (Lipinski definition) is 3. The first-order valence-corrected chi connectivity index (χ1v) is 8.15. The van der Waals surface area contributed by atoms with E-state index in [-0.39, 0.29) is 0 Å². The van der Waals surface area contributed by atoms with Gasteiger partial charge in [0.2, 0.25) is 0 Å². The van der Waals surface area contributed by atoms with Gasteiger partial charge in [-0.15, -0.1) is 12.6 Å². The molecule has 0 aliphatic carbocycles. The van der Waals surface area contributed by atoms with Crippen LogP contribution in [0.3, 0.4) is 0 Å². The van der Waals surface area contributed by atoms with Crippen LogP contribution < -0.4 is 5.32 Å². The Bertz CT molecular complexity index is 589. The maximum absolute atomic E-state index is 7.25. The van der Waals surface area contributed by atoms with Crippen molar-refractivity contribution in [3.63, 3.8) is 0 Å². The van der Waals surface area contributed by atoms with E-state index in [2.05, 4.69) is 24.9 Å². The van der Waals surface area contributed by atoms with Gasteiger partial charge in [-0.1, -0.05) is 43.7 Å². The maximum Gasteiger partial charge on any atom is 0.0256 e. The molecule has 1 atom stereocenters. The van der Waals surface area contributed by atoms with Gasteiger partial charge in [0.15, 0.2) is 0 Å². The van der Waals surface area contributed by atoms with Gasteiger partial charge in [0.25, 0.3) is 0 Å². The summed E-state index contributed by atoms with van der Waals surface area (Å²) in [5, 5.41) is 12.9. The molecule has 1 saturated heterocycles. The minimum absolute atomic E-state index is 0.837. The molecule has 1 unspecified atom stereocenters. The van der Waals surface area contributed by atoms with Crippen LogP contribution in [0.25, 0.3) is 10.8 Å². The molecule has 1 aliphatic heterocycles. The van der Waals surface area contributed by atoms with E-state index in [4.69, 9.17) is 5.41 Å². The molecule has 0 spiro atoms. The average molecular weight is 300 g/mol. The minimum Gasteiger partial charge on any atom is -0.314 e. The van der Waals surface area contributed by atoms with Crippen LogP contribution in [0.5, 0.6) is 0 Å². The molecule has 3 rings (SSSR count). The van der Waals surface area contributed by atoms with Gasteiger partial charge >= 0.3 is 0 Å². The van der Waals surface area contributed by atoms with Crippen molar-refractivity contribution in [2.45, 2.75) is 43.5 Å². The lowest BCUT2D eigenvalue weighted by atomic mass is 10.0. The Morgan fingerprint density at radius 3 is 2.52 bits per heavy atom. The van der Waals surface area contributed by atoms with Crippen LogP contribution in [0, 0.1) is 5.41 Å². The lowest BCUT2D eigenvalue weighted by Gasteiger charge is -2.21. The summed E-state index contributed by atoms with van der Waals surface area (Å²) in [6.07, 6.45) is 6.90. The first kappa shape index (κ1) is 16.1. The highest BCUT2D eigenvalue weighted by molar-refractivity contribution is 7.80. The summed E-state index contributed by atoms with van der Waals surface area (Å²) in [5.41, 5.74) is 0.938. The van der Waals surface area contributed by atoms with Gasteiger partial charge in [0.05, 0.1) is 0 Å². The third kappa shape index (κ3) is 4.32. The molecular formula is C18H24N2S. The van der Waals surface area contributed by atoms with Crippen molar-refractivity contribution in [3.05, 3.63) is 42.0 Å². The molecule has 2 nitrogen and oxygen atoms in total. The molecular weight excluding hydrogens is 276 g/mol. The molecule has 3 heteroatoms. The average Bonchev–Trinajstić information content (AvgIpc) is 2.57. The smallest absolute Gasteiger partial charge is 0.0256 e. The lowest BCUT2D eigenvalue weighted by Crippen LogP contribution is -2.32. The highest BCUT2D eigenvalue weighted by Gasteiger charge is 2.08. The molecule has 0 saturated carbocycles. The second kappa shape index (κ2) is 8.20. The second-order valence-electron chi connectivity index (χ2n) is 5.42. The summed E-state index contributed by atoms with van der Waals surface area (Å²) in [6.45, 7) is 3.50. The Morgan fingerprint density at radius 1 is 1.19 bits per heavy atom. The summed E-state index contributed by atoms with van der Waals surface area (Å²) in [6, 6.07) is 12.7. The zero-order valence-electron chi connectivity index (χ0n) is 12.6. The molecule has 0 aromatic heterocycles. The second-order valence-corrected chi connectivity index (χ2v) is 5.90. The molecule has 2 aromatic carbocycles. The molecule has 21 heavy (non-hydrogen) atoms. The fourth-order valence-electron chi connectivity index (χ4n) is 2.70. The maximum atomic E-state index is 7.25. The zero-order valence-corrected chi connectivity index (χ0v) is 13.5. The van der Waals surface area contributed by atoms with Gasteiger partial charge in [-0.2, -0.15) is 0 Å². The van der Waals surface area contributed by atoms with Crippen LogP contribution in [-0.2, 0) is 0 Å². The lowest BCUT2D eigenvalue weighted by molar-refractivity contribution is 0.393. The van der Waals surface area contributed by atoms with Gasteiger partial charge in [-0.25, -0.2) is 0 Å². The van der Waals surface area contributed by atoms with Crippen molar-refractivity contribution in [1.29, 1.82) is 5.41 Å². The van der Waals surface area contributed by atoms with E-state index in [0.717, 1.165) is 27.3 Å². The van der Waals surface area contributed by atoms with E-state index in [1.54, 1.807) is 0 Å². The van der Waals surface area contributed by atoms with Crippen LogP contribution in [0.15, 0.2) is 41.3 Å². The largest absolute Gasteiger partial charge is 0.314 e. The monoisotopic (exact) mass is 300 g/mol. The fourth-order valence-corrected chi connectivity index (χ4v) is 2.97. The molecule has 0 amide bonds. The Labute approximate surface area is 132 Å². The number of thiol groups is 1. The van der Waals surface area contributed by atoms with Crippen LogP contribution in [0.1, 0.15) is 38.2 Å². The van der Waals surface area contributed by atoms with E-state index in [9.17, 15) is 0 Å². The summed E-state index contributed by atoms with van der Waals surface area (Å²) in [4.78, 5) is 0.959. The zero-order chi connectivity index (χ0) is 15.1. The normalized spacial score (nSPS) is 17.9. The predicted molar refractivity (Wildman–Crippen MR) is 95.0 cm³/mol. The van der Waals surface area contributed by atoms with E-state index >= 15 is 0 Å². The minimum atomic E-state index is 0.837. The fraction of sp³-hybridized carbons (Fsp3) is 0.389. The van der Waals surface area contributed by atoms with Crippen molar-refractivity contribution >= 4 is 29.6 Å². The quantitative estimate of drug-likeness (QED) is 0.547. The van der Waals surface area contributed by atoms with Crippen LogP contribution in [0.4, 0.5) is 0 Å². The summed E-state index contributed by atoms with van der Waals surface area (Å²) in [5.74, 6) is 0. The van der Waals surface area contributed by atoms with Gasteiger partial charge in [0, 0.05) is 17.2 Å². The van der Waals surface area contributed by atoms with Gasteiger partial charge in [-0.3, -0.25) is 0 Å². The number of hydrogen-bond donors (Lipinski definition) is 3. The van der Waals surface area contributed by atoms with Crippen molar-refractivity contribution < 1.29 is 0 Å². The molecule has 2 aromatic rings. The topological polar surface area (TPSA) is 35.9 Å². The van der Waals surface area contributed by atoms with Crippen molar-refractivity contribution in [2.75, 3.05) is 6.54 Å². The van der Waals surface area contributed by atoms with Crippen LogP contribution in [0.2, 0.25) is 0 Å². The van der Waals surface area contributed by atoms with Crippen molar-refractivity contribution in [2.24, 2.45) is 0 Å². The molecule has 0 radical (unpaired) electrons. The first-order valence-electron chi connectivity index (χ1n) is 7.70. The van der Waals surface area contributed by atoms with Crippen molar-refractivity contribution in [1.82, 2.24) is 5.32 Å². The summed E-state index contributed by atoms with van der Waals surface area (Å²) in [7, 11) is 0. The molecule has 1 fully saturated rings. The van der Waals surface area contributed by atoms with Crippen molar-refractivity contribution in [3.8, 4) is 0 Å². The highest BCUT2D eigenvalue weighted by Crippen LogP contribution is 2.23. The number of benzene rings is 2. The summed E-state index contributed by atoms with van der Waals surface area (Å²) >= 11 is 4.36. The number of rotatable bonds is 2. The molecule has 1 aliphatic rings. The summed E-state index contributed by atoms with van der Waals surface area (Å²) < 4.78 is 0. The number of fused-ring (bicyclic) bond motifs is 1. The van der Waals surface area contributed by atoms with E-state index < -0.39 is 0 Å². The standard InChI is InChI=1S/C11H9NS.C7H15N/c12-7-8-5-6-11(13)10-4-2-1-3-9(8)10;1-2-7-5-3-4-6-8-7/h1-7,12-13H;7-8H,2-6H2,1H3.